The summed E-state index contributed by atoms with van der Waals surface area (Å²) in [7, 11) is 0. The van der Waals surface area contributed by atoms with Crippen molar-refractivity contribution < 1.29 is 0 Å². The van der Waals surface area contributed by atoms with Crippen LogP contribution in [0.25, 0.3) is 0 Å². The molecule has 2 N–H and O–H groups in total. The molecule has 0 atom stereocenters. The monoisotopic (exact) mass is 182 g/mol. The molecule has 1 aromatic heterocycles. The molecule has 74 valence electrons. The average molecular weight is 182 g/mol. The molecule has 3 heteroatoms. The van der Waals surface area contributed by atoms with Crippen molar-refractivity contribution in [2.75, 3.05) is 0 Å². The molecule has 0 saturated heterocycles. The zero-order valence-electron chi connectivity index (χ0n) is 8.99. The van der Waals surface area contributed by atoms with E-state index in [9.17, 15) is 4.79 Å². The number of aromatic amines is 2. The molecular weight excluding hydrogens is 164 g/mol. The standard InChI is InChI=1S/C10H18N2O/c1-6(2)7-8(10(3,4)5)12-9(13)11-7/h6H,1-5H3,(H2,11,12,13). The van der Waals surface area contributed by atoms with Crippen molar-refractivity contribution in [2.24, 2.45) is 0 Å². The first-order valence-corrected chi connectivity index (χ1v) is 4.65. The first kappa shape index (κ1) is 10.1. The Morgan fingerprint density at radius 2 is 1.69 bits per heavy atom. The normalized spacial score (nSPS) is 12.5. The van der Waals surface area contributed by atoms with Gasteiger partial charge < -0.3 is 9.97 Å². The lowest BCUT2D eigenvalue weighted by molar-refractivity contribution is 0.558. The summed E-state index contributed by atoms with van der Waals surface area (Å²) < 4.78 is 0. The van der Waals surface area contributed by atoms with Gasteiger partial charge in [-0.2, -0.15) is 0 Å². The van der Waals surface area contributed by atoms with Crippen LogP contribution in [-0.4, -0.2) is 9.97 Å². The van der Waals surface area contributed by atoms with E-state index in [2.05, 4.69) is 44.6 Å². The van der Waals surface area contributed by atoms with Crippen molar-refractivity contribution in [3.63, 3.8) is 0 Å². The smallest absolute Gasteiger partial charge is 0.309 e. The lowest BCUT2D eigenvalue weighted by atomic mass is 9.88. The number of nitrogens with one attached hydrogen (secondary N) is 2. The molecule has 0 aliphatic rings. The van der Waals surface area contributed by atoms with Crippen LogP contribution >= 0.6 is 0 Å². The highest BCUT2D eigenvalue weighted by atomic mass is 16.1. The minimum Gasteiger partial charge on any atom is -0.309 e. The number of hydrogen-bond acceptors (Lipinski definition) is 1. The van der Waals surface area contributed by atoms with Crippen molar-refractivity contribution in [3.8, 4) is 0 Å². The molecule has 0 amide bonds. The van der Waals surface area contributed by atoms with Gasteiger partial charge in [0.15, 0.2) is 0 Å². The van der Waals surface area contributed by atoms with Crippen molar-refractivity contribution in [1.29, 1.82) is 0 Å². The van der Waals surface area contributed by atoms with Gasteiger partial charge in [0, 0.05) is 16.8 Å². The summed E-state index contributed by atoms with van der Waals surface area (Å²) in [5.74, 6) is 0.355. The molecule has 0 radical (unpaired) electrons. The summed E-state index contributed by atoms with van der Waals surface area (Å²) in [4.78, 5) is 16.8. The summed E-state index contributed by atoms with van der Waals surface area (Å²) in [5, 5.41) is 0. The van der Waals surface area contributed by atoms with Gasteiger partial charge in [0.1, 0.15) is 0 Å². The first-order valence-electron chi connectivity index (χ1n) is 4.65. The van der Waals surface area contributed by atoms with Gasteiger partial charge in [-0.1, -0.05) is 34.6 Å². The second-order valence-corrected chi connectivity index (χ2v) is 4.77. The maximum atomic E-state index is 11.2. The minimum absolute atomic E-state index is 0.00123. The SMILES string of the molecule is CC(C)c1[nH]c(=O)[nH]c1C(C)(C)C. The highest BCUT2D eigenvalue weighted by Crippen LogP contribution is 2.25. The fourth-order valence-electron chi connectivity index (χ4n) is 1.42. The third kappa shape index (κ3) is 2.02. The average Bonchev–Trinajstić information content (AvgIpc) is 2.29. The van der Waals surface area contributed by atoms with E-state index in [-0.39, 0.29) is 11.1 Å². The molecule has 1 heterocycles. The Morgan fingerprint density at radius 1 is 1.15 bits per heavy atom. The Kier molecular flexibility index (Phi) is 2.37. The quantitative estimate of drug-likeness (QED) is 0.686. The van der Waals surface area contributed by atoms with Gasteiger partial charge in [0.25, 0.3) is 0 Å². The Morgan fingerprint density at radius 3 is 2.00 bits per heavy atom. The Bertz CT molecular complexity index is 339. The molecule has 0 spiro atoms. The molecule has 0 unspecified atom stereocenters. The van der Waals surface area contributed by atoms with E-state index in [0.717, 1.165) is 11.4 Å². The van der Waals surface area contributed by atoms with E-state index < -0.39 is 0 Å². The Labute approximate surface area is 78.6 Å². The molecule has 13 heavy (non-hydrogen) atoms. The van der Waals surface area contributed by atoms with Gasteiger partial charge in [-0.05, 0) is 5.92 Å². The van der Waals surface area contributed by atoms with Crippen LogP contribution < -0.4 is 5.69 Å². The molecular formula is C10H18N2O. The number of H-pyrrole nitrogens is 2. The van der Waals surface area contributed by atoms with Gasteiger partial charge in [0.2, 0.25) is 0 Å². The molecule has 0 fully saturated rings. The molecule has 3 nitrogen and oxygen atoms in total. The zero-order chi connectivity index (χ0) is 10.2. The van der Waals surface area contributed by atoms with Crippen LogP contribution in [0.1, 0.15) is 51.9 Å². The summed E-state index contributed by atoms with van der Waals surface area (Å²) in [6.45, 7) is 10.4. The summed E-state index contributed by atoms with van der Waals surface area (Å²) >= 11 is 0. The van der Waals surface area contributed by atoms with E-state index in [4.69, 9.17) is 0 Å². The molecule has 1 rings (SSSR count). The van der Waals surface area contributed by atoms with Crippen molar-refractivity contribution >= 4 is 0 Å². The van der Waals surface area contributed by atoms with Crippen LogP contribution in [0.3, 0.4) is 0 Å². The van der Waals surface area contributed by atoms with E-state index in [0.29, 0.717) is 5.92 Å². The largest absolute Gasteiger partial charge is 0.323 e. The van der Waals surface area contributed by atoms with Crippen LogP contribution in [0.2, 0.25) is 0 Å². The van der Waals surface area contributed by atoms with Crippen LogP contribution in [0, 0.1) is 0 Å². The van der Waals surface area contributed by atoms with Gasteiger partial charge in [-0.25, -0.2) is 4.79 Å². The second-order valence-electron chi connectivity index (χ2n) is 4.77. The van der Waals surface area contributed by atoms with Gasteiger partial charge >= 0.3 is 5.69 Å². The third-order valence-corrected chi connectivity index (χ3v) is 2.08. The molecule has 0 aliphatic heterocycles. The topological polar surface area (TPSA) is 48.6 Å². The second kappa shape index (κ2) is 3.05. The van der Waals surface area contributed by atoms with Crippen molar-refractivity contribution in [2.45, 2.75) is 46.0 Å². The van der Waals surface area contributed by atoms with Crippen LogP contribution in [0.5, 0.6) is 0 Å². The highest BCUT2D eigenvalue weighted by molar-refractivity contribution is 5.22. The van der Waals surface area contributed by atoms with Gasteiger partial charge in [0.05, 0.1) is 0 Å². The van der Waals surface area contributed by atoms with Gasteiger partial charge in [-0.15, -0.1) is 0 Å². The Balaban J connectivity index is 3.28. The number of hydrogen-bond donors (Lipinski definition) is 2. The minimum atomic E-state index is -0.103. The zero-order valence-corrected chi connectivity index (χ0v) is 8.99. The molecule has 0 bridgehead atoms. The first-order chi connectivity index (χ1) is 5.82. The van der Waals surface area contributed by atoms with Crippen LogP contribution in [0.15, 0.2) is 4.79 Å². The highest BCUT2D eigenvalue weighted by Gasteiger charge is 2.22. The number of aromatic nitrogens is 2. The van der Waals surface area contributed by atoms with Crippen molar-refractivity contribution in [1.82, 2.24) is 9.97 Å². The molecule has 0 aromatic carbocycles. The fourth-order valence-corrected chi connectivity index (χ4v) is 1.42. The predicted molar refractivity (Wildman–Crippen MR) is 54.2 cm³/mol. The van der Waals surface area contributed by atoms with E-state index in [1.54, 1.807) is 0 Å². The predicted octanol–water partition coefficient (Wildman–Crippen LogP) is 2.12. The summed E-state index contributed by atoms with van der Waals surface area (Å²) in [6.07, 6.45) is 0. The lowest BCUT2D eigenvalue weighted by Gasteiger charge is -2.19. The third-order valence-electron chi connectivity index (χ3n) is 2.08. The molecule has 0 saturated carbocycles. The number of imidazole rings is 1. The molecule has 1 aromatic rings. The maximum Gasteiger partial charge on any atom is 0.323 e. The summed E-state index contributed by atoms with van der Waals surface area (Å²) in [5.41, 5.74) is 1.94. The maximum absolute atomic E-state index is 11.2. The number of rotatable bonds is 1. The fraction of sp³-hybridized carbons (Fsp3) is 0.700. The van der Waals surface area contributed by atoms with Crippen molar-refractivity contribution in [3.05, 3.63) is 21.9 Å². The van der Waals surface area contributed by atoms with Gasteiger partial charge in [-0.3, -0.25) is 0 Å². The lowest BCUT2D eigenvalue weighted by Crippen LogP contribution is -2.15. The van der Waals surface area contributed by atoms with Crippen LogP contribution in [-0.2, 0) is 5.41 Å². The van der Waals surface area contributed by atoms with Crippen LogP contribution in [0.4, 0.5) is 0 Å². The van der Waals surface area contributed by atoms with E-state index in [1.165, 1.54) is 0 Å². The summed E-state index contributed by atoms with van der Waals surface area (Å²) in [6, 6.07) is 0. The molecule has 0 aliphatic carbocycles. The van der Waals surface area contributed by atoms with E-state index >= 15 is 0 Å². The van der Waals surface area contributed by atoms with E-state index in [1.807, 2.05) is 0 Å². The Hall–Kier alpha value is -0.990.